The van der Waals surface area contributed by atoms with E-state index in [-0.39, 0.29) is 0 Å². The van der Waals surface area contributed by atoms with Crippen LogP contribution in [-0.2, 0) is 0 Å². The van der Waals surface area contributed by atoms with Gasteiger partial charge in [0.05, 0.1) is 16.4 Å². The lowest BCUT2D eigenvalue weighted by atomic mass is 10.2. The van der Waals surface area contributed by atoms with E-state index >= 15 is 0 Å². The highest BCUT2D eigenvalue weighted by atomic mass is 127. The first-order valence-electron chi connectivity index (χ1n) is 3.98. The first-order valence-corrected chi connectivity index (χ1v) is 5.85. The van der Waals surface area contributed by atoms with Crippen molar-refractivity contribution < 1.29 is 9.94 Å². The van der Waals surface area contributed by atoms with E-state index < -0.39 is 0 Å². The number of ether oxygens (including phenoxy) is 1. The van der Waals surface area contributed by atoms with Crippen molar-refractivity contribution in [3.05, 3.63) is 25.7 Å². The van der Waals surface area contributed by atoms with Crippen molar-refractivity contribution in [1.29, 1.82) is 0 Å². The molecule has 1 rings (SSSR count). The van der Waals surface area contributed by atoms with Crippen LogP contribution < -0.4 is 4.74 Å². The van der Waals surface area contributed by atoms with Gasteiger partial charge in [0, 0.05) is 10.0 Å². The van der Waals surface area contributed by atoms with Gasteiger partial charge in [0.1, 0.15) is 5.75 Å². The lowest BCUT2D eigenvalue weighted by Gasteiger charge is -2.09. The van der Waals surface area contributed by atoms with Gasteiger partial charge in [-0.2, -0.15) is 0 Å². The lowest BCUT2D eigenvalue weighted by molar-refractivity contribution is 0.320. The van der Waals surface area contributed by atoms with Crippen molar-refractivity contribution in [2.24, 2.45) is 5.16 Å². The van der Waals surface area contributed by atoms with Crippen LogP contribution >= 0.6 is 38.5 Å². The van der Waals surface area contributed by atoms with Crippen LogP contribution in [0.3, 0.4) is 0 Å². The Balaban J connectivity index is 3.21. The van der Waals surface area contributed by atoms with Crippen LogP contribution in [0.25, 0.3) is 0 Å². The summed E-state index contributed by atoms with van der Waals surface area (Å²) in [7, 11) is 0. The molecule has 0 aliphatic heterocycles. The molecule has 76 valence electrons. The highest BCUT2D eigenvalue weighted by Gasteiger charge is 2.07. The highest BCUT2D eigenvalue weighted by Crippen LogP contribution is 2.28. The molecule has 5 heteroatoms. The Kier molecular flexibility index (Phi) is 4.67. The second-order valence-electron chi connectivity index (χ2n) is 2.48. The lowest BCUT2D eigenvalue weighted by Crippen LogP contribution is -1.98. The number of hydrogen-bond acceptors (Lipinski definition) is 3. The van der Waals surface area contributed by atoms with Crippen molar-refractivity contribution in [3.63, 3.8) is 0 Å². The van der Waals surface area contributed by atoms with Crippen molar-refractivity contribution >= 4 is 44.7 Å². The summed E-state index contributed by atoms with van der Waals surface area (Å²) >= 11 is 5.54. The predicted octanol–water partition coefficient (Wildman–Crippen LogP) is 3.26. The van der Waals surface area contributed by atoms with Gasteiger partial charge in [0.15, 0.2) is 0 Å². The molecule has 0 radical (unpaired) electrons. The Morgan fingerprint density at radius 2 is 2.36 bits per heavy atom. The molecule has 0 saturated carbocycles. The molecule has 0 saturated heterocycles. The maximum Gasteiger partial charge on any atom is 0.141 e. The monoisotopic (exact) mass is 369 g/mol. The first kappa shape index (κ1) is 11.8. The molecule has 0 atom stereocenters. The van der Waals surface area contributed by atoms with Crippen LogP contribution in [0.15, 0.2) is 21.8 Å². The normalized spacial score (nSPS) is 10.8. The zero-order valence-electron chi connectivity index (χ0n) is 7.50. The Morgan fingerprint density at radius 1 is 1.64 bits per heavy atom. The third-order valence-corrected chi connectivity index (χ3v) is 2.78. The molecule has 0 bridgehead atoms. The van der Waals surface area contributed by atoms with E-state index in [1.165, 1.54) is 6.21 Å². The third kappa shape index (κ3) is 2.84. The molecule has 0 aromatic heterocycles. The van der Waals surface area contributed by atoms with Gasteiger partial charge in [0.25, 0.3) is 0 Å². The Hall–Kier alpha value is -0.300. The summed E-state index contributed by atoms with van der Waals surface area (Å²) in [6.45, 7) is 2.50. The van der Waals surface area contributed by atoms with Crippen molar-refractivity contribution in [2.75, 3.05) is 6.61 Å². The van der Waals surface area contributed by atoms with E-state index in [4.69, 9.17) is 9.94 Å². The average Bonchev–Trinajstić information content (AvgIpc) is 2.11. The van der Waals surface area contributed by atoms with E-state index in [2.05, 4.69) is 43.7 Å². The second-order valence-corrected chi connectivity index (χ2v) is 4.56. The van der Waals surface area contributed by atoms with Gasteiger partial charge < -0.3 is 9.94 Å². The molecule has 1 aromatic carbocycles. The number of nitrogens with zero attached hydrogens (tertiary/aromatic N) is 1. The van der Waals surface area contributed by atoms with E-state index in [0.717, 1.165) is 19.4 Å². The van der Waals surface area contributed by atoms with Crippen LogP contribution in [0.4, 0.5) is 0 Å². The summed E-state index contributed by atoms with van der Waals surface area (Å²) in [4.78, 5) is 0. The molecule has 14 heavy (non-hydrogen) atoms. The predicted molar refractivity (Wildman–Crippen MR) is 67.4 cm³/mol. The van der Waals surface area contributed by atoms with E-state index in [9.17, 15) is 0 Å². The van der Waals surface area contributed by atoms with Gasteiger partial charge in [0.2, 0.25) is 0 Å². The van der Waals surface area contributed by atoms with Gasteiger partial charge in [-0.1, -0.05) is 21.1 Å². The molecule has 0 amide bonds. The Bertz CT molecular complexity index is 355. The molecule has 0 unspecified atom stereocenters. The van der Waals surface area contributed by atoms with Crippen molar-refractivity contribution in [2.45, 2.75) is 6.92 Å². The quantitative estimate of drug-likeness (QED) is 0.384. The minimum Gasteiger partial charge on any atom is -0.492 e. The SMILES string of the molecule is CCOc1c(I)cc(Br)cc1/C=N/O. The number of oxime groups is 1. The van der Waals surface area contributed by atoms with Gasteiger partial charge >= 0.3 is 0 Å². The zero-order valence-corrected chi connectivity index (χ0v) is 11.2. The fourth-order valence-corrected chi connectivity index (χ4v) is 2.74. The number of rotatable bonds is 3. The zero-order chi connectivity index (χ0) is 10.6. The minimum atomic E-state index is 0.587. The molecular weight excluding hydrogens is 361 g/mol. The van der Waals surface area contributed by atoms with Crippen molar-refractivity contribution in [1.82, 2.24) is 0 Å². The molecular formula is C9H9BrINO2. The summed E-state index contributed by atoms with van der Waals surface area (Å²) in [5.74, 6) is 0.745. The average molecular weight is 370 g/mol. The number of benzene rings is 1. The fourth-order valence-electron chi connectivity index (χ4n) is 1.03. The summed E-state index contributed by atoms with van der Waals surface area (Å²) < 4.78 is 7.36. The van der Waals surface area contributed by atoms with Crippen LogP contribution in [0.1, 0.15) is 12.5 Å². The standard InChI is InChI=1S/C9H9BrINO2/c1-2-14-9-6(5-12-13)3-7(10)4-8(9)11/h3-5,13H,2H2,1H3/b12-5+. The third-order valence-electron chi connectivity index (χ3n) is 1.52. The Morgan fingerprint density at radius 3 is 2.93 bits per heavy atom. The van der Waals surface area contributed by atoms with E-state index in [1.807, 2.05) is 19.1 Å². The van der Waals surface area contributed by atoms with E-state index in [1.54, 1.807) is 0 Å². The second kappa shape index (κ2) is 5.55. The first-order chi connectivity index (χ1) is 6.69. The van der Waals surface area contributed by atoms with Gasteiger partial charge in [-0.15, -0.1) is 0 Å². The molecule has 0 aliphatic carbocycles. The summed E-state index contributed by atoms with van der Waals surface area (Å²) in [6, 6.07) is 3.78. The smallest absolute Gasteiger partial charge is 0.141 e. The Labute approximate surface area is 104 Å². The van der Waals surface area contributed by atoms with E-state index in [0.29, 0.717) is 6.61 Å². The minimum absolute atomic E-state index is 0.587. The molecule has 0 aliphatic rings. The summed E-state index contributed by atoms with van der Waals surface area (Å²) in [6.07, 6.45) is 1.36. The van der Waals surface area contributed by atoms with Gasteiger partial charge in [-0.05, 0) is 41.6 Å². The summed E-state index contributed by atoms with van der Waals surface area (Å²) in [5.41, 5.74) is 0.758. The molecule has 0 heterocycles. The molecule has 3 nitrogen and oxygen atoms in total. The van der Waals surface area contributed by atoms with Crippen LogP contribution in [-0.4, -0.2) is 18.0 Å². The maximum atomic E-state index is 8.49. The summed E-state index contributed by atoms with van der Waals surface area (Å²) in [5, 5.41) is 11.5. The molecule has 1 N–H and O–H groups in total. The topological polar surface area (TPSA) is 41.8 Å². The van der Waals surface area contributed by atoms with Gasteiger partial charge in [-0.25, -0.2) is 0 Å². The molecule has 0 spiro atoms. The van der Waals surface area contributed by atoms with Gasteiger partial charge in [-0.3, -0.25) is 0 Å². The largest absolute Gasteiger partial charge is 0.492 e. The fraction of sp³-hybridized carbons (Fsp3) is 0.222. The number of halogens is 2. The van der Waals surface area contributed by atoms with Crippen LogP contribution in [0, 0.1) is 3.57 Å². The molecule has 0 fully saturated rings. The van der Waals surface area contributed by atoms with Crippen LogP contribution in [0.2, 0.25) is 0 Å². The van der Waals surface area contributed by atoms with Crippen LogP contribution in [0.5, 0.6) is 5.75 Å². The maximum absolute atomic E-state index is 8.49. The molecule has 1 aromatic rings. The number of hydrogen-bond donors (Lipinski definition) is 1. The highest BCUT2D eigenvalue weighted by molar-refractivity contribution is 14.1. The van der Waals surface area contributed by atoms with Crippen molar-refractivity contribution in [3.8, 4) is 5.75 Å².